The fraction of sp³-hybridized carbons (Fsp3) is 0.273. The molecule has 6 heteroatoms. The molecule has 0 aromatic heterocycles. The number of aromatic hydroxyl groups is 1. The number of hydrogen-bond donors (Lipinski definition) is 2. The number of benzene rings is 1. The first-order valence-corrected chi connectivity index (χ1v) is 5.34. The molecule has 0 heterocycles. The van der Waals surface area contributed by atoms with Crippen molar-refractivity contribution in [3.63, 3.8) is 0 Å². The van der Waals surface area contributed by atoms with E-state index in [0.717, 1.165) is 0 Å². The maximum absolute atomic E-state index is 11.6. The van der Waals surface area contributed by atoms with E-state index in [4.69, 9.17) is 11.6 Å². The zero-order valence-electron chi connectivity index (χ0n) is 9.20. The summed E-state index contributed by atoms with van der Waals surface area (Å²) in [5.41, 5.74) is 0.261. The van der Waals surface area contributed by atoms with Crippen molar-refractivity contribution in [1.82, 2.24) is 5.32 Å². The van der Waals surface area contributed by atoms with Gasteiger partial charge in [-0.1, -0.05) is 11.6 Å². The minimum absolute atomic E-state index is 0.0776. The molecule has 0 atom stereocenters. The number of carbonyl (C=O) groups excluding carboxylic acids is 2. The van der Waals surface area contributed by atoms with Gasteiger partial charge in [-0.25, -0.2) is 0 Å². The van der Waals surface area contributed by atoms with Gasteiger partial charge in [0.25, 0.3) is 5.91 Å². The molecule has 1 aromatic rings. The van der Waals surface area contributed by atoms with Gasteiger partial charge in [0.2, 0.25) is 0 Å². The summed E-state index contributed by atoms with van der Waals surface area (Å²) in [4.78, 5) is 22.6. The first-order valence-electron chi connectivity index (χ1n) is 4.97. The number of amides is 1. The Bertz CT molecular complexity index is 433. The summed E-state index contributed by atoms with van der Waals surface area (Å²) < 4.78 is 4.65. The van der Waals surface area contributed by atoms with E-state index < -0.39 is 11.9 Å². The van der Waals surface area contributed by atoms with Crippen molar-refractivity contribution < 1.29 is 19.4 Å². The van der Waals surface area contributed by atoms with Gasteiger partial charge in [0.05, 0.1) is 11.6 Å². The van der Waals surface area contributed by atoms with Crippen LogP contribution in [0, 0.1) is 0 Å². The highest BCUT2D eigenvalue weighted by atomic mass is 35.5. The number of halogens is 1. The fourth-order valence-electron chi connectivity index (χ4n) is 1.11. The highest BCUT2D eigenvalue weighted by Gasteiger charge is 2.10. The average molecular weight is 258 g/mol. The van der Waals surface area contributed by atoms with Crippen LogP contribution in [0.25, 0.3) is 0 Å². The normalized spacial score (nSPS) is 9.76. The quantitative estimate of drug-likeness (QED) is 0.798. The number of hydrogen-bond acceptors (Lipinski definition) is 4. The number of phenolic OH excluding ortho intramolecular Hbond substituents is 1. The lowest BCUT2D eigenvalue weighted by molar-refractivity contribution is -0.141. The topological polar surface area (TPSA) is 75.6 Å². The molecule has 2 N–H and O–H groups in total. The van der Waals surface area contributed by atoms with Crippen LogP contribution in [0.4, 0.5) is 0 Å². The third-order valence-corrected chi connectivity index (χ3v) is 2.21. The third kappa shape index (κ3) is 3.96. The zero-order valence-corrected chi connectivity index (χ0v) is 9.95. The van der Waals surface area contributed by atoms with Gasteiger partial charge < -0.3 is 15.2 Å². The summed E-state index contributed by atoms with van der Waals surface area (Å²) in [7, 11) is 0. The molecule has 0 aliphatic heterocycles. The molecule has 0 aliphatic carbocycles. The maximum atomic E-state index is 11.6. The minimum Gasteiger partial charge on any atom is -0.506 e. The van der Waals surface area contributed by atoms with Crippen LogP contribution in [0.15, 0.2) is 18.2 Å². The van der Waals surface area contributed by atoms with E-state index in [-0.39, 0.29) is 29.5 Å². The van der Waals surface area contributed by atoms with E-state index in [1.807, 2.05) is 0 Å². The van der Waals surface area contributed by atoms with Crippen LogP contribution in [0.3, 0.4) is 0 Å². The Morgan fingerprint density at radius 3 is 2.76 bits per heavy atom. The van der Waals surface area contributed by atoms with E-state index in [1.165, 1.54) is 18.2 Å². The Kier molecular flexibility index (Phi) is 4.78. The van der Waals surface area contributed by atoms with Crippen molar-refractivity contribution in [3.8, 4) is 5.75 Å². The smallest absolute Gasteiger partial charge is 0.325 e. The molecule has 0 bridgehead atoms. The summed E-state index contributed by atoms with van der Waals surface area (Å²) in [6, 6.07) is 4.03. The third-order valence-electron chi connectivity index (χ3n) is 1.91. The monoisotopic (exact) mass is 257 g/mol. The van der Waals surface area contributed by atoms with E-state index in [9.17, 15) is 14.7 Å². The molecule has 1 amide bonds. The Morgan fingerprint density at radius 2 is 2.18 bits per heavy atom. The molecule has 0 spiro atoms. The Labute approximate surface area is 103 Å². The van der Waals surface area contributed by atoms with Crippen LogP contribution in [-0.2, 0) is 9.53 Å². The molecule has 1 rings (SSSR count). The molecule has 0 fully saturated rings. The minimum atomic E-state index is -0.509. The summed E-state index contributed by atoms with van der Waals surface area (Å²) in [5.74, 6) is -1.07. The highest BCUT2D eigenvalue weighted by Crippen LogP contribution is 2.23. The van der Waals surface area contributed by atoms with Crippen LogP contribution < -0.4 is 5.32 Å². The summed E-state index contributed by atoms with van der Waals surface area (Å²) in [6.45, 7) is 1.74. The van der Waals surface area contributed by atoms with Crippen LogP contribution in [0.1, 0.15) is 17.3 Å². The van der Waals surface area contributed by atoms with Gasteiger partial charge in [0.1, 0.15) is 12.3 Å². The van der Waals surface area contributed by atoms with Crippen molar-refractivity contribution in [2.24, 2.45) is 0 Å². The lowest BCUT2D eigenvalue weighted by Crippen LogP contribution is -2.30. The molecule has 0 aliphatic rings. The van der Waals surface area contributed by atoms with Gasteiger partial charge in [-0.3, -0.25) is 9.59 Å². The van der Waals surface area contributed by atoms with Crippen LogP contribution in [0.2, 0.25) is 5.02 Å². The van der Waals surface area contributed by atoms with Gasteiger partial charge >= 0.3 is 5.97 Å². The zero-order chi connectivity index (χ0) is 12.8. The first kappa shape index (κ1) is 13.3. The Balaban J connectivity index is 2.58. The number of esters is 1. The number of ether oxygens (including phenoxy) is 1. The first-order chi connectivity index (χ1) is 8.04. The average Bonchev–Trinajstić information content (AvgIpc) is 2.30. The molecule has 0 saturated carbocycles. The fourth-order valence-corrected chi connectivity index (χ4v) is 1.30. The number of nitrogens with one attached hydrogen (secondary N) is 1. The SMILES string of the molecule is CCOC(=O)CNC(=O)c1ccc(O)c(Cl)c1. The molecule has 0 unspecified atom stereocenters. The predicted octanol–water partition coefficient (Wildman–Crippen LogP) is 1.34. The largest absolute Gasteiger partial charge is 0.506 e. The molecule has 1 aromatic carbocycles. The summed E-state index contributed by atoms with van der Waals surface area (Å²) >= 11 is 5.65. The molecular weight excluding hydrogens is 246 g/mol. The van der Waals surface area contributed by atoms with Crippen molar-refractivity contribution in [2.75, 3.05) is 13.2 Å². The molecule has 92 valence electrons. The van der Waals surface area contributed by atoms with E-state index >= 15 is 0 Å². The standard InChI is InChI=1S/C11H12ClNO4/c1-2-17-10(15)6-13-11(16)7-3-4-9(14)8(12)5-7/h3-5,14H,2,6H2,1H3,(H,13,16). The highest BCUT2D eigenvalue weighted by molar-refractivity contribution is 6.32. The number of rotatable bonds is 4. The van der Waals surface area contributed by atoms with Crippen LogP contribution in [0.5, 0.6) is 5.75 Å². The van der Waals surface area contributed by atoms with Crippen LogP contribution in [-0.4, -0.2) is 30.1 Å². The molecular formula is C11H12ClNO4. The van der Waals surface area contributed by atoms with Gasteiger partial charge in [0, 0.05) is 5.56 Å². The maximum Gasteiger partial charge on any atom is 0.325 e. The second-order valence-electron chi connectivity index (χ2n) is 3.15. The molecule has 17 heavy (non-hydrogen) atoms. The second-order valence-corrected chi connectivity index (χ2v) is 3.56. The van der Waals surface area contributed by atoms with E-state index in [1.54, 1.807) is 6.92 Å². The Hall–Kier alpha value is -1.75. The van der Waals surface area contributed by atoms with Gasteiger partial charge in [-0.2, -0.15) is 0 Å². The lowest BCUT2D eigenvalue weighted by Gasteiger charge is -2.05. The van der Waals surface area contributed by atoms with Gasteiger partial charge in [0.15, 0.2) is 0 Å². The van der Waals surface area contributed by atoms with Crippen molar-refractivity contribution >= 4 is 23.5 Å². The van der Waals surface area contributed by atoms with Crippen molar-refractivity contribution in [2.45, 2.75) is 6.92 Å². The van der Waals surface area contributed by atoms with E-state index in [2.05, 4.69) is 10.1 Å². The summed E-state index contributed by atoms with van der Waals surface area (Å²) in [6.07, 6.45) is 0. The van der Waals surface area contributed by atoms with Gasteiger partial charge in [-0.05, 0) is 25.1 Å². The second kappa shape index (κ2) is 6.10. The summed E-state index contributed by atoms with van der Waals surface area (Å²) in [5, 5.41) is 11.6. The lowest BCUT2D eigenvalue weighted by atomic mass is 10.2. The van der Waals surface area contributed by atoms with E-state index in [0.29, 0.717) is 0 Å². The molecule has 0 radical (unpaired) electrons. The Morgan fingerprint density at radius 1 is 1.47 bits per heavy atom. The number of carbonyl (C=O) groups is 2. The molecule has 5 nitrogen and oxygen atoms in total. The number of phenols is 1. The van der Waals surface area contributed by atoms with Crippen LogP contribution >= 0.6 is 11.6 Å². The van der Waals surface area contributed by atoms with Crippen molar-refractivity contribution in [3.05, 3.63) is 28.8 Å². The molecule has 0 saturated heterocycles. The predicted molar refractivity (Wildman–Crippen MR) is 62.1 cm³/mol. The van der Waals surface area contributed by atoms with Crippen molar-refractivity contribution in [1.29, 1.82) is 0 Å². The van der Waals surface area contributed by atoms with Gasteiger partial charge in [-0.15, -0.1) is 0 Å².